The maximum atomic E-state index is 13.3. The number of nitrogens with zero attached hydrogens (tertiary/aromatic N) is 3. The number of aromatic nitrogens is 1. The Balaban J connectivity index is 1.67. The lowest BCUT2D eigenvalue weighted by Gasteiger charge is -2.28. The van der Waals surface area contributed by atoms with Gasteiger partial charge in [0.2, 0.25) is 0 Å². The maximum Gasteiger partial charge on any atom is 0.300 e. The van der Waals surface area contributed by atoms with E-state index in [9.17, 15) is 14.7 Å². The highest BCUT2D eigenvalue weighted by molar-refractivity contribution is 6.51. The van der Waals surface area contributed by atoms with Crippen molar-refractivity contribution in [2.75, 3.05) is 36.6 Å². The lowest BCUT2D eigenvalue weighted by atomic mass is 9.97. The van der Waals surface area contributed by atoms with Gasteiger partial charge in [0, 0.05) is 30.6 Å². The standard InChI is InChI=1S/C27H25N3O5/c1-3-34-19-8-6-7-18(16-19)30-24(20-9-4-5-12-28-20)23(26(32)27(30)33)25(31)17-10-11-22-21(15-17)29(2)13-14-35-22/h4-12,15-16,24,31H,3,13-14H2,1-2H3/b25-23-. The summed E-state index contributed by atoms with van der Waals surface area (Å²) in [4.78, 5) is 34.5. The fourth-order valence-corrected chi connectivity index (χ4v) is 4.46. The number of benzene rings is 2. The van der Waals surface area contributed by atoms with Crippen LogP contribution in [0.3, 0.4) is 0 Å². The Morgan fingerprint density at radius 2 is 2.00 bits per heavy atom. The lowest BCUT2D eigenvalue weighted by molar-refractivity contribution is -0.132. The quantitative estimate of drug-likeness (QED) is 0.342. The molecule has 0 bridgehead atoms. The number of hydrogen-bond acceptors (Lipinski definition) is 7. The number of aliphatic hydroxyl groups is 1. The lowest BCUT2D eigenvalue weighted by Crippen LogP contribution is -2.29. The van der Waals surface area contributed by atoms with Crippen molar-refractivity contribution in [1.29, 1.82) is 0 Å². The molecule has 8 heteroatoms. The van der Waals surface area contributed by atoms with E-state index in [4.69, 9.17) is 9.47 Å². The number of fused-ring (bicyclic) bond motifs is 1. The molecule has 1 unspecified atom stereocenters. The van der Waals surface area contributed by atoms with Gasteiger partial charge in [0.05, 0.1) is 30.1 Å². The Labute approximate surface area is 203 Å². The zero-order valence-electron chi connectivity index (χ0n) is 19.5. The molecule has 3 aromatic rings. The van der Waals surface area contributed by atoms with Crippen molar-refractivity contribution in [3.8, 4) is 11.5 Å². The molecule has 8 nitrogen and oxygen atoms in total. The van der Waals surface area contributed by atoms with Crippen LogP contribution in [-0.2, 0) is 9.59 Å². The predicted molar refractivity (Wildman–Crippen MR) is 132 cm³/mol. The second kappa shape index (κ2) is 9.13. The summed E-state index contributed by atoms with van der Waals surface area (Å²) < 4.78 is 11.3. The molecule has 1 saturated heterocycles. The number of carbonyl (C=O) groups is 2. The summed E-state index contributed by atoms with van der Waals surface area (Å²) in [6.45, 7) is 3.60. The van der Waals surface area contributed by atoms with Crippen molar-refractivity contribution in [3.05, 3.63) is 83.7 Å². The summed E-state index contributed by atoms with van der Waals surface area (Å²) in [6.07, 6.45) is 1.59. The number of likely N-dealkylation sites (N-methyl/N-ethyl adjacent to an activating group) is 1. The third-order valence-corrected chi connectivity index (χ3v) is 6.15. The Morgan fingerprint density at radius 3 is 2.77 bits per heavy atom. The van der Waals surface area contributed by atoms with E-state index in [1.165, 1.54) is 4.90 Å². The highest BCUT2D eigenvalue weighted by atomic mass is 16.5. The van der Waals surface area contributed by atoms with Crippen molar-refractivity contribution >= 4 is 28.8 Å². The molecule has 1 N–H and O–H groups in total. The van der Waals surface area contributed by atoms with E-state index in [0.717, 1.165) is 5.69 Å². The van der Waals surface area contributed by atoms with Crippen LogP contribution in [0.1, 0.15) is 24.2 Å². The molecule has 0 spiro atoms. The van der Waals surface area contributed by atoms with E-state index in [2.05, 4.69) is 4.98 Å². The SMILES string of the molecule is CCOc1cccc(N2C(=O)C(=O)/C(=C(\O)c3ccc4c(c3)N(C)CCO4)C2c2ccccn2)c1. The summed E-state index contributed by atoms with van der Waals surface area (Å²) in [6, 6.07) is 16.6. The van der Waals surface area contributed by atoms with E-state index in [-0.39, 0.29) is 11.3 Å². The van der Waals surface area contributed by atoms with Crippen molar-refractivity contribution in [3.63, 3.8) is 0 Å². The number of hydrogen-bond donors (Lipinski definition) is 1. The van der Waals surface area contributed by atoms with Gasteiger partial charge < -0.3 is 19.5 Å². The topological polar surface area (TPSA) is 92.2 Å². The van der Waals surface area contributed by atoms with E-state index in [0.29, 0.717) is 48.2 Å². The molecule has 0 aliphatic carbocycles. The molecule has 3 heterocycles. The highest BCUT2D eigenvalue weighted by Crippen LogP contribution is 2.43. The average molecular weight is 472 g/mol. The molecule has 5 rings (SSSR count). The molecule has 1 fully saturated rings. The number of Topliss-reactive ketones (excluding diaryl/α,β-unsaturated/α-hetero) is 1. The number of ether oxygens (including phenoxy) is 2. The number of aliphatic hydroxyl groups excluding tert-OH is 1. The number of ketones is 1. The second-order valence-corrected chi connectivity index (χ2v) is 8.31. The minimum atomic E-state index is -0.905. The van der Waals surface area contributed by atoms with Crippen LogP contribution in [0.2, 0.25) is 0 Å². The number of amides is 1. The summed E-state index contributed by atoms with van der Waals surface area (Å²) >= 11 is 0. The summed E-state index contributed by atoms with van der Waals surface area (Å²) in [5.41, 5.74) is 2.14. The van der Waals surface area contributed by atoms with Gasteiger partial charge in [-0.15, -0.1) is 0 Å². The van der Waals surface area contributed by atoms with Crippen LogP contribution in [0, 0.1) is 0 Å². The Kier molecular flexibility index (Phi) is 5.86. The van der Waals surface area contributed by atoms with Crippen LogP contribution in [0.15, 0.2) is 72.4 Å². The number of anilines is 2. The summed E-state index contributed by atoms with van der Waals surface area (Å²) in [5.74, 6) is -0.505. The monoisotopic (exact) mass is 471 g/mol. The number of pyridine rings is 1. The van der Waals surface area contributed by atoms with E-state index in [1.807, 2.05) is 18.9 Å². The van der Waals surface area contributed by atoms with Crippen LogP contribution in [-0.4, -0.2) is 48.6 Å². The van der Waals surface area contributed by atoms with Crippen LogP contribution >= 0.6 is 0 Å². The molecule has 1 amide bonds. The van der Waals surface area contributed by atoms with Crippen molar-refractivity contribution < 1.29 is 24.2 Å². The molecule has 2 aliphatic rings. The van der Waals surface area contributed by atoms with Gasteiger partial charge in [-0.25, -0.2) is 0 Å². The second-order valence-electron chi connectivity index (χ2n) is 8.31. The molecule has 2 aliphatic heterocycles. The first kappa shape index (κ1) is 22.5. The zero-order valence-corrected chi connectivity index (χ0v) is 19.5. The van der Waals surface area contributed by atoms with Gasteiger partial charge in [0.15, 0.2) is 0 Å². The minimum Gasteiger partial charge on any atom is -0.507 e. The third-order valence-electron chi connectivity index (χ3n) is 6.15. The summed E-state index contributed by atoms with van der Waals surface area (Å²) in [5, 5.41) is 11.4. The van der Waals surface area contributed by atoms with Gasteiger partial charge >= 0.3 is 0 Å². The molecule has 178 valence electrons. The largest absolute Gasteiger partial charge is 0.507 e. The van der Waals surface area contributed by atoms with Gasteiger partial charge in [0.25, 0.3) is 11.7 Å². The fourth-order valence-electron chi connectivity index (χ4n) is 4.46. The van der Waals surface area contributed by atoms with E-state index in [1.54, 1.807) is 66.9 Å². The molecule has 1 aromatic heterocycles. The molecule has 0 radical (unpaired) electrons. The van der Waals surface area contributed by atoms with Crippen LogP contribution in [0.4, 0.5) is 11.4 Å². The zero-order chi connectivity index (χ0) is 24.5. The molecule has 1 atom stereocenters. The van der Waals surface area contributed by atoms with E-state index < -0.39 is 17.7 Å². The van der Waals surface area contributed by atoms with Crippen molar-refractivity contribution in [2.24, 2.45) is 0 Å². The summed E-state index contributed by atoms with van der Waals surface area (Å²) in [7, 11) is 1.93. The first-order valence-electron chi connectivity index (χ1n) is 11.4. The smallest absolute Gasteiger partial charge is 0.300 e. The Bertz CT molecular complexity index is 1320. The third kappa shape index (κ3) is 3.97. The van der Waals surface area contributed by atoms with Gasteiger partial charge in [-0.2, -0.15) is 0 Å². The average Bonchev–Trinajstić information content (AvgIpc) is 3.15. The Hall–Kier alpha value is -4.33. The molecule has 35 heavy (non-hydrogen) atoms. The molecule has 0 saturated carbocycles. The van der Waals surface area contributed by atoms with Gasteiger partial charge in [-0.05, 0) is 49.4 Å². The van der Waals surface area contributed by atoms with Gasteiger partial charge in [0.1, 0.15) is 29.9 Å². The number of rotatable bonds is 5. The minimum absolute atomic E-state index is 0.0187. The van der Waals surface area contributed by atoms with Crippen molar-refractivity contribution in [1.82, 2.24) is 4.98 Å². The first-order chi connectivity index (χ1) is 17.0. The molecular weight excluding hydrogens is 446 g/mol. The van der Waals surface area contributed by atoms with Crippen LogP contribution in [0.25, 0.3) is 5.76 Å². The van der Waals surface area contributed by atoms with Crippen molar-refractivity contribution in [2.45, 2.75) is 13.0 Å². The van der Waals surface area contributed by atoms with Crippen LogP contribution in [0.5, 0.6) is 11.5 Å². The van der Waals surface area contributed by atoms with E-state index >= 15 is 0 Å². The number of carbonyl (C=O) groups excluding carboxylic acids is 2. The fraction of sp³-hybridized carbons (Fsp3) is 0.222. The van der Waals surface area contributed by atoms with Gasteiger partial charge in [-0.1, -0.05) is 12.1 Å². The molecule has 2 aromatic carbocycles. The van der Waals surface area contributed by atoms with Crippen LogP contribution < -0.4 is 19.3 Å². The normalized spacial score (nSPS) is 18.9. The highest BCUT2D eigenvalue weighted by Gasteiger charge is 2.47. The predicted octanol–water partition coefficient (Wildman–Crippen LogP) is 3.94. The Morgan fingerprint density at radius 1 is 1.14 bits per heavy atom. The molecular formula is C27H25N3O5. The first-order valence-corrected chi connectivity index (χ1v) is 11.4. The maximum absolute atomic E-state index is 13.3. The van der Waals surface area contributed by atoms with Gasteiger partial charge in [-0.3, -0.25) is 19.5 Å².